The van der Waals surface area contributed by atoms with E-state index >= 15 is 0 Å². The molecule has 12 heavy (non-hydrogen) atoms. The van der Waals surface area contributed by atoms with E-state index in [1.807, 2.05) is 0 Å². The van der Waals surface area contributed by atoms with Gasteiger partial charge in [0.2, 0.25) is 0 Å². The van der Waals surface area contributed by atoms with E-state index in [9.17, 15) is 0 Å². The maximum absolute atomic E-state index is 8.86. The van der Waals surface area contributed by atoms with Gasteiger partial charge in [-0.3, -0.25) is 0 Å². The molecule has 2 N–H and O–H groups in total. The van der Waals surface area contributed by atoms with E-state index in [2.05, 4.69) is 26.1 Å². The van der Waals surface area contributed by atoms with Gasteiger partial charge in [-0.1, -0.05) is 0 Å². The van der Waals surface area contributed by atoms with Gasteiger partial charge in [-0.05, 0) is 27.2 Å². The zero-order chi connectivity index (χ0) is 9.19. The summed E-state index contributed by atoms with van der Waals surface area (Å²) in [6, 6.07) is 0.234. The maximum atomic E-state index is 8.86. The van der Waals surface area contributed by atoms with Crippen LogP contribution in [0.3, 0.4) is 0 Å². The van der Waals surface area contributed by atoms with E-state index in [1.54, 1.807) is 0 Å². The van der Waals surface area contributed by atoms with Crippen LogP contribution >= 0.6 is 0 Å². The summed E-state index contributed by atoms with van der Waals surface area (Å²) in [6.45, 7) is 7.24. The number of nitrogens with one attached hydrogen (secondary N) is 1. The smallest absolute Gasteiger partial charge is 0.0722 e. The van der Waals surface area contributed by atoms with E-state index in [4.69, 9.17) is 9.84 Å². The molecule has 1 aliphatic heterocycles. The molecule has 0 aromatic rings. The second kappa shape index (κ2) is 3.73. The lowest BCUT2D eigenvalue weighted by Crippen LogP contribution is -2.28. The van der Waals surface area contributed by atoms with Gasteiger partial charge in [0.1, 0.15) is 0 Å². The summed E-state index contributed by atoms with van der Waals surface area (Å²) in [7, 11) is 0. The van der Waals surface area contributed by atoms with Crippen molar-refractivity contribution in [1.29, 1.82) is 0 Å². The fraction of sp³-hybridized carbons (Fsp3) is 1.00. The van der Waals surface area contributed by atoms with Crippen molar-refractivity contribution in [2.75, 3.05) is 13.2 Å². The molecule has 3 nitrogen and oxygen atoms in total. The molecule has 0 aromatic heterocycles. The van der Waals surface area contributed by atoms with Crippen LogP contribution in [0.5, 0.6) is 0 Å². The van der Waals surface area contributed by atoms with Crippen LogP contribution in [0.4, 0.5) is 0 Å². The van der Waals surface area contributed by atoms with Crippen LogP contribution in [0.2, 0.25) is 0 Å². The van der Waals surface area contributed by atoms with Crippen molar-refractivity contribution < 1.29 is 9.84 Å². The van der Waals surface area contributed by atoms with Crippen molar-refractivity contribution >= 4 is 0 Å². The molecule has 1 fully saturated rings. The maximum Gasteiger partial charge on any atom is 0.0722 e. The van der Waals surface area contributed by atoms with Gasteiger partial charge in [-0.2, -0.15) is 0 Å². The highest BCUT2D eigenvalue weighted by Gasteiger charge is 2.27. The third-order valence-corrected chi connectivity index (χ3v) is 1.92. The van der Waals surface area contributed by atoms with Gasteiger partial charge in [-0.15, -0.1) is 0 Å². The molecule has 0 spiro atoms. The minimum atomic E-state index is -0.0727. The number of hydrogen-bond donors (Lipinski definition) is 2. The van der Waals surface area contributed by atoms with Crippen molar-refractivity contribution in [1.82, 2.24) is 5.32 Å². The Bertz CT molecular complexity index is 142. The van der Waals surface area contributed by atoms with E-state index in [0.29, 0.717) is 0 Å². The quantitative estimate of drug-likeness (QED) is 0.640. The van der Waals surface area contributed by atoms with Crippen LogP contribution in [0.1, 0.15) is 27.2 Å². The van der Waals surface area contributed by atoms with Gasteiger partial charge in [0, 0.05) is 12.6 Å². The molecule has 0 aromatic carbocycles. The molecule has 1 saturated heterocycles. The lowest BCUT2D eigenvalue weighted by atomic mass is 10.1. The van der Waals surface area contributed by atoms with E-state index in [0.717, 1.165) is 13.0 Å². The Kier molecular flexibility index (Phi) is 3.09. The van der Waals surface area contributed by atoms with Gasteiger partial charge >= 0.3 is 0 Å². The minimum Gasteiger partial charge on any atom is -0.395 e. The first-order valence-corrected chi connectivity index (χ1v) is 4.53. The number of aliphatic hydroxyl groups excluding tert-OH is 1. The van der Waals surface area contributed by atoms with Crippen LogP contribution in [0.25, 0.3) is 0 Å². The highest BCUT2D eigenvalue weighted by atomic mass is 16.5. The first-order chi connectivity index (χ1) is 5.51. The predicted molar refractivity (Wildman–Crippen MR) is 48.1 cm³/mol. The number of hydrogen-bond acceptors (Lipinski definition) is 3. The van der Waals surface area contributed by atoms with Crippen molar-refractivity contribution in [3.05, 3.63) is 0 Å². The van der Waals surface area contributed by atoms with Gasteiger partial charge < -0.3 is 15.2 Å². The SMILES string of the molecule is CC(C)(C)OC1CNC(CO)C1. The Morgan fingerprint density at radius 3 is 2.58 bits per heavy atom. The second-order valence-corrected chi connectivity index (χ2v) is 4.38. The molecule has 1 rings (SSSR count). The summed E-state index contributed by atoms with van der Waals surface area (Å²) < 4.78 is 5.76. The summed E-state index contributed by atoms with van der Waals surface area (Å²) in [5.74, 6) is 0. The van der Waals surface area contributed by atoms with Crippen LogP contribution in [-0.4, -0.2) is 36.0 Å². The van der Waals surface area contributed by atoms with Gasteiger partial charge in [0.25, 0.3) is 0 Å². The van der Waals surface area contributed by atoms with Gasteiger partial charge in [0.05, 0.1) is 18.3 Å². The largest absolute Gasteiger partial charge is 0.395 e. The summed E-state index contributed by atoms with van der Waals surface area (Å²) >= 11 is 0. The van der Waals surface area contributed by atoms with Crippen LogP contribution in [0, 0.1) is 0 Å². The number of ether oxygens (including phenoxy) is 1. The molecule has 0 aliphatic carbocycles. The average molecular weight is 173 g/mol. The average Bonchev–Trinajstić information content (AvgIpc) is 2.32. The summed E-state index contributed by atoms with van der Waals surface area (Å²) in [4.78, 5) is 0. The first kappa shape index (κ1) is 9.96. The monoisotopic (exact) mass is 173 g/mol. The van der Waals surface area contributed by atoms with Crippen LogP contribution in [-0.2, 0) is 4.74 Å². The Labute approximate surface area is 74.1 Å². The fourth-order valence-electron chi connectivity index (χ4n) is 1.51. The minimum absolute atomic E-state index is 0.0727. The molecule has 3 heteroatoms. The zero-order valence-corrected chi connectivity index (χ0v) is 8.13. The summed E-state index contributed by atoms with van der Waals surface area (Å²) in [5.41, 5.74) is -0.0727. The fourth-order valence-corrected chi connectivity index (χ4v) is 1.51. The molecular formula is C9H19NO2. The summed E-state index contributed by atoms with van der Waals surface area (Å²) in [5, 5.41) is 12.1. The molecule has 1 heterocycles. The molecule has 0 bridgehead atoms. The Hall–Kier alpha value is -0.120. The van der Waals surface area contributed by atoms with Crippen molar-refractivity contribution in [2.24, 2.45) is 0 Å². The molecule has 1 aliphatic rings. The molecule has 2 atom stereocenters. The standard InChI is InChI=1S/C9H19NO2/c1-9(2,3)12-8-4-7(6-11)10-5-8/h7-8,10-11H,4-6H2,1-3H3. The lowest BCUT2D eigenvalue weighted by Gasteiger charge is -2.24. The molecule has 2 unspecified atom stereocenters. The zero-order valence-electron chi connectivity index (χ0n) is 8.13. The molecule has 0 radical (unpaired) electrons. The van der Waals surface area contributed by atoms with Crippen molar-refractivity contribution in [2.45, 2.75) is 44.9 Å². The normalized spacial score (nSPS) is 31.0. The van der Waals surface area contributed by atoms with E-state index in [1.165, 1.54) is 0 Å². The Morgan fingerprint density at radius 2 is 2.17 bits per heavy atom. The molecule has 72 valence electrons. The number of aliphatic hydroxyl groups is 1. The van der Waals surface area contributed by atoms with Crippen molar-refractivity contribution in [3.8, 4) is 0 Å². The second-order valence-electron chi connectivity index (χ2n) is 4.38. The van der Waals surface area contributed by atoms with Crippen LogP contribution in [0.15, 0.2) is 0 Å². The van der Waals surface area contributed by atoms with Crippen LogP contribution < -0.4 is 5.32 Å². The molecule has 0 amide bonds. The van der Waals surface area contributed by atoms with Gasteiger partial charge in [0.15, 0.2) is 0 Å². The highest BCUT2D eigenvalue weighted by Crippen LogP contribution is 2.17. The first-order valence-electron chi connectivity index (χ1n) is 4.53. The molecular weight excluding hydrogens is 154 g/mol. The molecule has 0 saturated carbocycles. The Balaban J connectivity index is 2.28. The Morgan fingerprint density at radius 1 is 1.50 bits per heavy atom. The van der Waals surface area contributed by atoms with Crippen molar-refractivity contribution in [3.63, 3.8) is 0 Å². The van der Waals surface area contributed by atoms with Gasteiger partial charge in [-0.25, -0.2) is 0 Å². The topological polar surface area (TPSA) is 41.5 Å². The van der Waals surface area contributed by atoms with E-state index < -0.39 is 0 Å². The van der Waals surface area contributed by atoms with E-state index in [-0.39, 0.29) is 24.4 Å². The predicted octanol–water partition coefficient (Wildman–Crippen LogP) is 0.524. The summed E-state index contributed by atoms with van der Waals surface area (Å²) in [6.07, 6.45) is 1.19. The highest BCUT2D eigenvalue weighted by molar-refractivity contribution is 4.83. The lowest BCUT2D eigenvalue weighted by molar-refractivity contribution is -0.0514. The third kappa shape index (κ3) is 3.09. The third-order valence-electron chi connectivity index (χ3n) is 1.92. The number of rotatable bonds is 2.